The summed E-state index contributed by atoms with van der Waals surface area (Å²) in [5.41, 5.74) is 1.49. The summed E-state index contributed by atoms with van der Waals surface area (Å²) in [6.07, 6.45) is 2.20. The molecule has 1 aliphatic heterocycles. The van der Waals surface area contributed by atoms with E-state index < -0.39 is 0 Å². The van der Waals surface area contributed by atoms with Gasteiger partial charge in [-0.3, -0.25) is 4.90 Å². The number of aryl methyl sites for hydroxylation is 1. The summed E-state index contributed by atoms with van der Waals surface area (Å²) < 4.78 is 0. The topological polar surface area (TPSA) is 31.4 Å². The fourth-order valence-electron chi connectivity index (χ4n) is 2.70. The van der Waals surface area contributed by atoms with Crippen LogP contribution in [0.2, 0.25) is 0 Å². The zero-order valence-corrected chi connectivity index (χ0v) is 15.0. The molecule has 2 rings (SSSR count). The SMILES string of the molecule is CCCNCc1sc(N2CCN(C)C(C)(C)C2)nc1CC. The Balaban J connectivity index is 2.09. The highest BCUT2D eigenvalue weighted by atomic mass is 32.1. The standard InChI is InChI=1S/C16H30N4S/c1-6-8-17-11-14-13(7-2)18-15(21-14)20-10-9-19(5)16(3,4)12-20/h17H,6-12H2,1-5H3. The third-order valence-corrected chi connectivity index (χ3v) is 5.56. The van der Waals surface area contributed by atoms with E-state index >= 15 is 0 Å². The molecule has 0 atom stereocenters. The first kappa shape index (κ1) is 16.7. The van der Waals surface area contributed by atoms with Crippen molar-refractivity contribution in [3.63, 3.8) is 0 Å². The lowest BCUT2D eigenvalue weighted by Gasteiger charge is -2.45. The summed E-state index contributed by atoms with van der Waals surface area (Å²) >= 11 is 1.88. The predicted octanol–water partition coefficient (Wildman–Crippen LogP) is 2.74. The molecule has 120 valence electrons. The first-order valence-corrected chi connectivity index (χ1v) is 8.95. The number of anilines is 1. The maximum Gasteiger partial charge on any atom is 0.185 e. The molecule has 1 saturated heterocycles. The zero-order chi connectivity index (χ0) is 15.5. The molecule has 1 aromatic heterocycles. The summed E-state index contributed by atoms with van der Waals surface area (Å²) in [6.45, 7) is 14.3. The van der Waals surface area contributed by atoms with Crippen LogP contribution in [0.1, 0.15) is 44.7 Å². The molecule has 0 spiro atoms. The zero-order valence-electron chi connectivity index (χ0n) is 14.2. The Morgan fingerprint density at radius 3 is 2.67 bits per heavy atom. The van der Waals surface area contributed by atoms with Gasteiger partial charge in [-0.25, -0.2) is 4.98 Å². The molecule has 5 heteroatoms. The van der Waals surface area contributed by atoms with E-state index in [2.05, 4.69) is 49.9 Å². The number of likely N-dealkylation sites (N-methyl/N-ethyl adjacent to an activating group) is 1. The third kappa shape index (κ3) is 3.96. The second kappa shape index (κ2) is 7.07. The molecule has 0 aliphatic carbocycles. The average molecular weight is 311 g/mol. The number of nitrogens with one attached hydrogen (secondary N) is 1. The van der Waals surface area contributed by atoms with E-state index in [0.717, 1.165) is 39.1 Å². The van der Waals surface area contributed by atoms with Gasteiger partial charge in [-0.05, 0) is 40.3 Å². The van der Waals surface area contributed by atoms with Crippen LogP contribution in [0.4, 0.5) is 5.13 Å². The molecular weight excluding hydrogens is 280 g/mol. The van der Waals surface area contributed by atoms with Crippen LogP contribution in [0.3, 0.4) is 0 Å². The van der Waals surface area contributed by atoms with Crippen LogP contribution >= 0.6 is 11.3 Å². The Hall–Kier alpha value is -0.650. The Labute approximate surface area is 133 Å². The molecule has 0 unspecified atom stereocenters. The molecule has 0 saturated carbocycles. The van der Waals surface area contributed by atoms with Crippen LogP contribution in [-0.2, 0) is 13.0 Å². The lowest BCUT2D eigenvalue weighted by molar-refractivity contribution is 0.139. The quantitative estimate of drug-likeness (QED) is 0.819. The molecule has 0 bridgehead atoms. The average Bonchev–Trinajstić information content (AvgIpc) is 2.85. The van der Waals surface area contributed by atoms with Gasteiger partial charge in [0.1, 0.15) is 0 Å². The van der Waals surface area contributed by atoms with Crippen LogP contribution in [0.25, 0.3) is 0 Å². The van der Waals surface area contributed by atoms with E-state index in [9.17, 15) is 0 Å². The molecule has 1 aliphatic rings. The number of hydrogen-bond acceptors (Lipinski definition) is 5. The van der Waals surface area contributed by atoms with E-state index in [0.29, 0.717) is 0 Å². The Kier molecular flexibility index (Phi) is 5.63. The van der Waals surface area contributed by atoms with Crippen LogP contribution < -0.4 is 10.2 Å². The van der Waals surface area contributed by atoms with E-state index in [1.807, 2.05) is 11.3 Å². The second-order valence-corrected chi connectivity index (χ2v) is 7.61. The largest absolute Gasteiger partial charge is 0.345 e. The van der Waals surface area contributed by atoms with Crippen molar-refractivity contribution in [3.05, 3.63) is 10.6 Å². The van der Waals surface area contributed by atoms with Gasteiger partial charge < -0.3 is 10.2 Å². The Morgan fingerprint density at radius 1 is 1.29 bits per heavy atom. The van der Waals surface area contributed by atoms with Gasteiger partial charge in [0.2, 0.25) is 0 Å². The normalized spacial score (nSPS) is 19.2. The molecule has 0 aromatic carbocycles. The Morgan fingerprint density at radius 2 is 2.05 bits per heavy atom. The van der Waals surface area contributed by atoms with Crippen molar-refractivity contribution in [1.29, 1.82) is 0 Å². The van der Waals surface area contributed by atoms with Crippen molar-refractivity contribution >= 4 is 16.5 Å². The van der Waals surface area contributed by atoms with Crippen molar-refractivity contribution in [2.45, 2.75) is 52.6 Å². The number of hydrogen-bond donors (Lipinski definition) is 1. The van der Waals surface area contributed by atoms with Crippen molar-refractivity contribution in [2.75, 3.05) is 38.1 Å². The number of thiazole rings is 1. The lowest BCUT2D eigenvalue weighted by atomic mass is 10.0. The molecule has 21 heavy (non-hydrogen) atoms. The minimum absolute atomic E-state index is 0.219. The maximum atomic E-state index is 4.91. The lowest BCUT2D eigenvalue weighted by Crippen LogP contribution is -2.57. The number of piperazine rings is 1. The van der Waals surface area contributed by atoms with Crippen molar-refractivity contribution in [2.24, 2.45) is 0 Å². The van der Waals surface area contributed by atoms with Crippen molar-refractivity contribution in [3.8, 4) is 0 Å². The number of aromatic nitrogens is 1. The summed E-state index contributed by atoms with van der Waals surface area (Å²) in [5, 5.41) is 4.72. The monoisotopic (exact) mass is 310 g/mol. The molecular formula is C16H30N4S. The predicted molar refractivity (Wildman–Crippen MR) is 92.4 cm³/mol. The number of nitrogens with zero attached hydrogens (tertiary/aromatic N) is 3. The minimum Gasteiger partial charge on any atom is -0.345 e. The summed E-state index contributed by atoms with van der Waals surface area (Å²) in [5.74, 6) is 0. The first-order valence-electron chi connectivity index (χ1n) is 8.13. The van der Waals surface area contributed by atoms with Crippen molar-refractivity contribution < 1.29 is 0 Å². The van der Waals surface area contributed by atoms with Gasteiger partial charge in [-0.1, -0.05) is 13.8 Å². The highest BCUT2D eigenvalue weighted by Gasteiger charge is 2.32. The fourth-order valence-corrected chi connectivity index (χ4v) is 3.84. The van der Waals surface area contributed by atoms with Crippen LogP contribution in [-0.4, -0.2) is 48.6 Å². The molecule has 1 aromatic rings. The molecule has 4 nitrogen and oxygen atoms in total. The van der Waals surface area contributed by atoms with Crippen molar-refractivity contribution in [1.82, 2.24) is 15.2 Å². The van der Waals surface area contributed by atoms with E-state index in [-0.39, 0.29) is 5.54 Å². The summed E-state index contributed by atoms with van der Waals surface area (Å²) in [7, 11) is 2.22. The first-order chi connectivity index (χ1) is 9.97. The van der Waals surface area contributed by atoms with Gasteiger partial charge >= 0.3 is 0 Å². The molecule has 1 fully saturated rings. The molecule has 0 radical (unpaired) electrons. The Bertz CT molecular complexity index is 455. The maximum absolute atomic E-state index is 4.91. The van der Waals surface area contributed by atoms with Gasteiger partial charge in [0.15, 0.2) is 5.13 Å². The van der Waals surface area contributed by atoms with Crippen LogP contribution in [0, 0.1) is 0 Å². The molecule has 2 heterocycles. The van der Waals surface area contributed by atoms with Gasteiger partial charge in [0.05, 0.1) is 5.69 Å². The number of rotatable bonds is 6. The minimum atomic E-state index is 0.219. The van der Waals surface area contributed by atoms with Gasteiger partial charge in [-0.2, -0.15) is 0 Å². The smallest absolute Gasteiger partial charge is 0.185 e. The van der Waals surface area contributed by atoms with E-state index in [1.165, 1.54) is 22.1 Å². The van der Waals surface area contributed by atoms with Gasteiger partial charge in [-0.15, -0.1) is 11.3 Å². The van der Waals surface area contributed by atoms with Crippen LogP contribution in [0.15, 0.2) is 0 Å². The molecule has 1 N–H and O–H groups in total. The highest BCUT2D eigenvalue weighted by molar-refractivity contribution is 7.15. The summed E-state index contributed by atoms with van der Waals surface area (Å²) in [6, 6.07) is 0. The van der Waals surface area contributed by atoms with Gasteiger partial charge in [0.25, 0.3) is 0 Å². The third-order valence-electron chi connectivity index (χ3n) is 4.40. The molecule has 0 amide bonds. The van der Waals surface area contributed by atoms with E-state index in [1.54, 1.807) is 0 Å². The van der Waals surface area contributed by atoms with Gasteiger partial charge in [0, 0.05) is 36.6 Å². The fraction of sp³-hybridized carbons (Fsp3) is 0.812. The highest BCUT2D eigenvalue weighted by Crippen LogP contribution is 2.30. The summed E-state index contributed by atoms with van der Waals surface area (Å²) in [4.78, 5) is 11.2. The second-order valence-electron chi connectivity index (χ2n) is 6.55. The van der Waals surface area contributed by atoms with Crippen LogP contribution in [0.5, 0.6) is 0 Å². The van der Waals surface area contributed by atoms with E-state index in [4.69, 9.17) is 4.98 Å².